The van der Waals surface area contributed by atoms with Crippen molar-refractivity contribution in [2.75, 3.05) is 32.2 Å². The van der Waals surface area contributed by atoms with E-state index in [9.17, 15) is 18.3 Å². The lowest BCUT2D eigenvalue weighted by Gasteiger charge is -2.28. The number of rotatable bonds is 10. The summed E-state index contributed by atoms with van der Waals surface area (Å²) in [4.78, 5) is 11.7. The predicted octanol–water partition coefficient (Wildman–Crippen LogP) is 3.78. The van der Waals surface area contributed by atoms with Gasteiger partial charge in [-0.2, -0.15) is 0 Å². The Kier molecular flexibility index (Phi) is 8.57. The maximum Gasteiger partial charge on any atom is 0.268 e. The van der Waals surface area contributed by atoms with E-state index in [2.05, 4.69) is 0 Å². The van der Waals surface area contributed by atoms with Crippen molar-refractivity contribution in [2.45, 2.75) is 11.0 Å². The molecule has 3 N–H and O–H groups in total. The van der Waals surface area contributed by atoms with Crippen LogP contribution in [0.4, 0.5) is 5.69 Å². The average Bonchev–Trinajstić information content (AvgIpc) is 2.86. The zero-order valence-electron chi connectivity index (χ0n) is 19.6. The van der Waals surface area contributed by atoms with E-state index in [0.717, 1.165) is 4.31 Å². The van der Waals surface area contributed by atoms with Crippen molar-refractivity contribution >= 4 is 44.8 Å². The van der Waals surface area contributed by atoms with E-state index in [1.807, 2.05) is 0 Å². The third-order valence-corrected chi connectivity index (χ3v) is 7.65. The van der Waals surface area contributed by atoms with Gasteiger partial charge in [-0.3, -0.25) is 9.10 Å². The Labute approximate surface area is 218 Å². The van der Waals surface area contributed by atoms with Crippen LogP contribution in [0.15, 0.2) is 59.5 Å². The number of benzene rings is 3. The van der Waals surface area contributed by atoms with E-state index in [4.69, 9.17) is 43.1 Å². The molecular weight excluding hydrogens is 531 g/mol. The molecule has 36 heavy (non-hydrogen) atoms. The molecule has 0 aliphatic rings. The van der Waals surface area contributed by atoms with Gasteiger partial charge >= 0.3 is 0 Å². The van der Waals surface area contributed by atoms with Crippen molar-refractivity contribution in [1.82, 2.24) is 0 Å². The summed E-state index contributed by atoms with van der Waals surface area (Å²) in [6.45, 7) is -0.746. The van der Waals surface area contributed by atoms with Crippen LogP contribution in [0.1, 0.15) is 17.2 Å². The molecule has 0 fully saturated rings. The Balaban J connectivity index is 2.28. The highest BCUT2D eigenvalue weighted by Crippen LogP contribution is 2.41. The number of hydrogen-bond acceptors (Lipinski definition) is 7. The molecule has 0 aliphatic carbocycles. The number of ether oxygens (including phenoxy) is 3. The van der Waals surface area contributed by atoms with Crippen LogP contribution in [-0.4, -0.2) is 47.3 Å². The highest BCUT2D eigenvalue weighted by atomic mass is 35.5. The zero-order valence-corrected chi connectivity index (χ0v) is 21.9. The molecule has 3 aromatic carbocycles. The van der Waals surface area contributed by atoms with E-state index in [1.165, 1.54) is 51.7 Å². The van der Waals surface area contributed by atoms with Crippen LogP contribution in [0.25, 0.3) is 0 Å². The van der Waals surface area contributed by atoms with Gasteiger partial charge in [0.25, 0.3) is 10.0 Å². The summed E-state index contributed by atoms with van der Waals surface area (Å²) < 4.78 is 44.5. The van der Waals surface area contributed by atoms with Gasteiger partial charge in [-0.25, -0.2) is 8.42 Å². The number of nitrogens with zero attached hydrogens (tertiary/aromatic N) is 1. The molecule has 0 saturated heterocycles. The number of carbonyl (C=O) groups excluding carboxylic acids is 1. The summed E-state index contributed by atoms with van der Waals surface area (Å²) in [5.74, 6) is -0.658. The predicted molar refractivity (Wildman–Crippen MR) is 137 cm³/mol. The maximum absolute atomic E-state index is 14.0. The van der Waals surface area contributed by atoms with Gasteiger partial charge in [0.1, 0.15) is 23.3 Å². The average molecular weight is 555 g/mol. The van der Waals surface area contributed by atoms with Gasteiger partial charge in [-0.1, -0.05) is 41.4 Å². The molecule has 192 valence electrons. The first-order valence-corrected chi connectivity index (χ1v) is 12.6. The summed E-state index contributed by atoms with van der Waals surface area (Å²) in [5.41, 5.74) is 5.79. The topological polar surface area (TPSA) is 128 Å². The number of hydrogen-bond donors (Lipinski definition) is 2. The third-order valence-electron chi connectivity index (χ3n) is 5.29. The fourth-order valence-corrected chi connectivity index (χ4v) is 5.63. The molecule has 12 heteroatoms. The monoisotopic (exact) mass is 554 g/mol. The normalized spacial score (nSPS) is 12.1. The van der Waals surface area contributed by atoms with E-state index in [0.29, 0.717) is 5.56 Å². The number of halogens is 2. The fraction of sp³-hybridized carbons (Fsp3) is 0.208. The van der Waals surface area contributed by atoms with Gasteiger partial charge in [0.05, 0.1) is 27.0 Å². The largest absolute Gasteiger partial charge is 0.495 e. The lowest BCUT2D eigenvalue weighted by Crippen LogP contribution is -2.39. The first-order valence-electron chi connectivity index (χ1n) is 10.4. The highest BCUT2D eigenvalue weighted by Gasteiger charge is 2.34. The molecule has 0 aliphatic heterocycles. The van der Waals surface area contributed by atoms with Crippen LogP contribution < -0.4 is 24.2 Å². The number of nitrogens with two attached hydrogens (primary N) is 1. The lowest BCUT2D eigenvalue weighted by atomic mass is 9.99. The molecule has 0 bridgehead atoms. The SMILES string of the molecule is COc1cc(OC)c(S(=O)(=O)N(CC(N)=O)c2ccc(Cl)cc2C(O)c2ccccc2Cl)cc1OC. The van der Waals surface area contributed by atoms with Crippen molar-refractivity contribution in [1.29, 1.82) is 0 Å². The van der Waals surface area contributed by atoms with Gasteiger partial charge in [-0.05, 0) is 24.3 Å². The maximum atomic E-state index is 14.0. The number of methoxy groups -OCH3 is 3. The number of aliphatic hydroxyl groups excluding tert-OH is 1. The number of anilines is 1. The summed E-state index contributed by atoms with van der Waals surface area (Å²) in [6, 6.07) is 13.3. The molecule has 1 atom stereocenters. The number of amides is 1. The van der Waals surface area contributed by atoms with Crippen LogP contribution in [0.2, 0.25) is 10.0 Å². The molecule has 1 amide bonds. The summed E-state index contributed by atoms with van der Waals surface area (Å²) >= 11 is 12.5. The standard InChI is InChI=1S/C24H24Cl2N2O7S/c1-33-19-11-21(35-3)22(12-20(19)34-2)36(31,32)28(13-23(27)29)18-9-8-14(25)10-16(18)24(30)15-6-4-5-7-17(15)26/h4-12,24,30H,13H2,1-3H3,(H2,27,29). The second kappa shape index (κ2) is 11.3. The van der Waals surface area contributed by atoms with Crippen molar-refractivity contribution in [2.24, 2.45) is 5.73 Å². The highest BCUT2D eigenvalue weighted by molar-refractivity contribution is 7.93. The first kappa shape index (κ1) is 27.4. The van der Waals surface area contributed by atoms with Gasteiger partial charge in [0.2, 0.25) is 5.91 Å². The Morgan fingerprint density at radius 3 is 2.14 bits per heavy atom. The zero-order chi connectivity index (χ0) is 26.6. The third kappa shape index (κ3) is 5.46. The fourth-order valence-electron chi connectivity index (χ4n) is 3.60. The number of primary amides is 1. The molecule has 3 rings (SSSR count). The van der Waals surface area contributed by atoms with Crippen molar-refractivity contribution in [3.05, 3.63) is 75.8 Å². The van der Waals surface area contributed by atoms with Gasteiger partial charge in [0, 0.05) is 33.3 Å². The molecule has 0 aromatic heterocycles. The van der Waals surface area contributed by atoms with Crippen LogP contribution >= 0.6 is 23.2 Å². The summed E-state index contributed by atoms with van der Waals surface area (Å²) in [7, 11) is -0.504. The smallest absolute Gasteiger partial charge is 0.268 e. The minimum Gasteiger partial charge on any atom is -0.495 e. The van der Waals surface area contributed by atoms with Crippen LogP contribution in [0.5, 0.6) is 17.2 Å². The van der Waals surface area contributed by atoms with E-state index in [-0.39, 0.29) is 43.4 Å². The number of sulfonamides is 1. The van der Waals surface area contributed by atoms with Crippen LogP contribution in [0.3, 0.4) is 0 Å². The molecule has 9 nitrogen and oxygen atoms in total. The van der Waals surface area contributed by atoms with Crippen LogP contribution in [-0.2, 0) is 14.8 Å². The minimum atomic E-state index is -4.53. The molecule has 0 saturated carbocycles. The van der Waals surface area contributed by atoms with Gasteiger partial charge in [-0.15, -0.1) is 0 Å². The molecule has 1 unspecified atom stereocenters. The quantitative estimate of drug-likeness (QED) is 0.390. The van der Waals surface area contributed by atoms with Gasteiger partial charge in [0.15, 0.2) is 11.5 Å². The Bertz CT molecular complexity index is 1380. The van der Waals surface area contributed by atoms with E-state index >= 15 is 0 Å². The van der Waals surface area contributed by atoms with Crippen molar-refractivity contribution < 1.29 is 32.5 Å². The summed E-state index contributed by atoms with van der Waals surface area (Å²) in [5, 5.41) is 11.7. The van der Waals surface area contributed by atoms with Crippen LogP contribution in [0, 0.1) is 0 Å². The molecule has 0 heterocycles. The van der Waals surface area contributed by atoms with Crippen molar-refractivity contribution in [3.8, 4) is 17.2 Å². The number of carbonyl (C=O) groups is 1. The van der Waals surface area contributed by atoms with E-state index < -0.39 is 28.6 Å². The van der Waals surface area contributed by atoms with Gasteiger partial charge < -0.3 is 25.1 Å². The first-order chi connectivity index (χ1) is 17.0. The number of aliphatic hydroxyl groups is 1. The second-order valence-corrected chi connectivity index (χ2v) is 10.1. The van der Waals surface area contributed by atoms with E-state index in [1.54, 1.807) is 24.3 Å². The molecular formula is C24H24Cl2N2O7S. The van der Waals surface area contributed by atoms with Crippen molar-refractivity contribution in [3.63, 3.8) is 0 Å². The Hall–Kier alpha value is -3.18. The lowest BCUT2D eigenvalue weighted by molar-refractivity contribution is -0.116. The molecule has 0 spiro atoms. The molecule has 3 aromatic rings. The minimum absolute atomic E-state index is 0.0394. The summed E-state index contributed by atoms with van der Waals surface area (Å²) in [6.07, 6.45) is -1.38. The second-order valence-electron chi connectivity index (χ2n) is 7.46. The Morgan fingerprint density at radius 1 is 0.944 bits per heavy atom. The molecule has 0 radical (unpaired) electrons. The Morgan fingerprint density at radius 2 is 1.56 bits per heavy atom.